The van der Waals surface area contributed by atoms with E-state index in [0.29, 0.717) is 16.7 Å². The summed E-state index contributed by atoms with van der Waals surface area (Å²) in [7, 11) is 0. The molecule has 3 aliphatic heterocycles. The van der Waals surface area contributed by atoms with Crippen LogP contribution in [0.3, 0.4) is 0 Å². The van der Waals surface area contributed by atoms with Crippen LogP contribution in [0.5, 0.6) is 11.5 Å². The molecular formula is C16H14N4O3S. The lowest BCUT2D eigenvalue weighted by Gasteiger charge is -2.20. The number of carbonyl (C=O) groups is 1. The normalized spacial score (nSPS) is 20.6. The second-order valence-electron chi connectivity index (χ2n) is 5.73. The summed E-state index contributed by atoms with van der Waals surface area (Å²) in [6, 6.07) is 5.36. The summed E-state index contributed by atoms with van der Waals surface area (Å²) in [6.07, 6.45) is 1.63. The van der Waals surface area contributed by atoms with Gasteiger partial charge in [-0.05, 0) is 35.5 Å². The van der Waals surface area contributed by atoms with Crippen molar-refractivity contribution in [3.63, 3.8) is 0 Å². The first-order valence-electron chi connectivity index (χ1n) is 7.42. The van der Waals surface area contributed by atoms with Crippen molar-refractivity contribution in [3.05, 3.63) is 29.3 Å². The highest BCUT2D eigenvalue weighted by molar-refractivity contribution is 8.27. The van der Waals surface area contributed by atoms with E-state index in [1.54, 1.807) is 18.2 Å². The highest BCUT2D eigenvalue weighted by atomic mass is 32.2. The standard InChI is InChI=1S/C16H14N4O3S/c1-8(2)15-19-20-13(17)10(14(21)18-16(20)24-15)5-9-3-4-11-12(6-9)23-7-22-11/h3-6,8,17H,7H2,1-2H3/b10-5+,17-13?. The molecule has 0 fully saturated rings. The van der Waals surface area contributed by atoms with E-state index in [2.05, 4.69) is 10.1 Å². The number of nitrogens with zero attached hydrogens (tertiary/aromatic N) is 3. The highest BCUT2D eigenvalue weighted by Crippen LogP contribution is 2.34. The Morgan fingerprint density at radius 3 is 2.92 bits per heavy atom. The lowest BCUT2D eigenvalue weighted by Crippen LogP contribution is -2.35. The Morgan fingerprint density at radius 1 is 1.33 bits per heavy atom. The predicted octanol–water partition coefficient (Wildman–Crippen LogP) is 2.69. The molecule has 1 amide bonds. The van der Waals surface area contributed by atoms with Crippen LogP contribution < -0.4 is 9.47 Å². The fourth-order valence-corrected chi connectivity index (χ4v) is 3.30. The van der Waals surface area contributed by atoms with E-state index in [1.807, 2.05) is 19.9 Å². The Kier molecular flexibility index (Phi) is 3.42. The van der Waals surface area contributed by atoms with Crippen LogP contribution in [0.4, 0.5) is 0 Å². The number of hydrogen-bond donors (Lipinski definition) is 1. The zero-order valence-electron chi connectivity index (χ0n) is 13.1. The Bertz CT molecular complexity index is 857. The number of fused-ring (bicyclic) bond motifs is 2. The summed E-state index contributed by atoms with van der Waals surface area (Å²) < 4.78 is 10.6. The zero-order chi connectivity index (χ0) is 16.8. The molecule has 122 valence electrons. The minimum Gasteiger partial charge on any atom is -0.454 e. The van der Waals surface area contributed by atoms with E-state index in [-0.39, 0.29) is 24.1 Å². The van der Waals surface area contributed by atoms with Gasteiger partial charge in [-0.15, -0.1) is 0 Å². The Labute approximate surface area is 142 Å². The summed E-state index contributed by atoms with van der Waals surface area (Å²) in [5, 5.41) is 15.4. The molecule has 4 rings (SSSR count). The first-order valence-corrected chi connectivity index (χ1v) is 8.24. The van der Waals surface area contributed by atoms with Gasteiger partial charge in [0.2, 0.25) is 12.0 Å². The third kappa shape index (κ3) is 2.39. The van der Waals surface area contributed by atoms with Gasteiger partial charge in [0, 0.05) is 5.92 Å². The number of rotatable bonds is 2. The molecule has 0 spiro atoms. The van der Waals surface area contributed by atoms with E-state index in [9.17, 15) is 4.79 Å². The highest BCUT2D eigenvalue weighted by Gasteiger charge is 2.36. The van der Waals surface area contributed by atoms with Gasteiger partial charge in [0.15, 0.2) is 17.3 Å². The number of aliphatic imine (C=N–C) groups is 1. The molecule has 0 bridgehead atoms. The number of hydrazone groups is 1. The van der Waals surface area contributed by atoms with E-state index in [0.717, 1.165) is 10.6 Å². The van der Waals surface area contributed by atoms with Crippen LogP contribution >= 0.6 is 11.8 Å². The van der Waals surface area contributed by atoms with Gasteiger partial charge in [-0.25, -0.2) is 0 Å². The monoisotopic (exact) mass is 342 g/mol. The fraction of sp³-hybridized carbons (Fsp3) is 0.250. The van der Waals surface area contributed by atoms with Crippen LogP contribution in [-0.4, -0.2) is 33.8 Å². The van der Waals surface area contributed by atoms with Gasteiger partial charge >= 0.3 is 0 Å². The molecular weight excluding hydrogens is 328 g/mol. The summed E-state index contributed by atoms with van der Waals surface area (Å²) >= 11 is 1.34. The molecule has 7 nitrogen and oxygen atoms in total. The summed E-state index contributed by atoms with van der Waals surface area (Å²) in [5.41, 5.74) is 0.942. The maximum atomic E-state index is 12.3. The van der Waals surface area contributed by atoms with Gasteiger partial charge in [0.05, 0.1) is 5.57 Å². The average molecular weight is 342 g/mol. The molecule has 0 aromatic heterocycles. The molecule has 0 radical (unpaired) electrons. The van der Waals surface area contributed by atoms with Gasteiger partial charge in [0.1, 0.15) is 5.04 Å². The maximum Gasteiger partial charge on any atom is 0.283 e. The van der Waals surface area contributed by atoms with Crippen LogP contribution in [0.15, 0.2) is 33.9 Å². The second kappa shape index (κ2) is 5.48. The van der Waals surface area contributed by atoms with Crippen LogP contribution in [0.25, 0.3) is 6.08 Å². The number of carbonyl (C=O) groups excluding carboxylic acids is 1. The third-order valence-corrected chi connectivity index (χ3v) is 4.88. The second-order valence-corrected chi connectivity index (χ2v) is 6.71. The van der Waals surface area contributed by atoms with Gasteiger partial charge in [0.25, 0.3) is 5.91 Å². The fourth-order valence-electron chi connectivity index (χ4n) is 2.41. The number of amidine groups is 2. The van der Waals surface area contributed by atoms with Crippen LogP contribution in [0.2, 0.25) is 0 Å². The van der Waals surface area contributed by atoms with Gasteiger partial charge in [-0.3, -0.25) is 10.2 Å². The van der Waals surface area contributed by atoms with E-state index in [1.165, 1.54) is 16.8 Å². The lowest BCUT2D eigenvalue weighted by molar-refractivity contribution is -0.114. The molecule has 0 unspecified atom stereocenters. The first kappa shape index (κ1) is 14.9. The number of thioether (sulfide) groups is 1. The van der Waals surface area contributed by atoms with Crippen molar-refractivity contribution in [1.29, 1.82) is 5.41 Å². The van der Waals surface area contributed by atoms with Crippen molar-refractivity contribution in [3.8, 4) is 11.5 Å². The Morgan fingerprint density at radius 2 is 2.12 bits per heavy atom. The molecule has 0 saturated heterocycles. The van der Waals surface area contributed by atoms with Crippen LogP contribution in [-0.2, 0) is 4.79 Å². The van der Waals surface area contributed by atoms with Crippen molar-refractivity contribution < 1.29 is 14.3 Å². The SMILES string of the molecule is CC(C)C1=NN2C(=N)/C(=C\c3ccc4c(c3)OCO4)C(=O)N=C2S1. The number of benzene rings is 1. The van der Waals surface area contributed by atoms with Gasteiger partial charge in [-0.2, -0.15) is 15.1 Å². The lowest BCUT2D eigenvalue weighted by atomic mass is 10.1. The minimum absolute atomic E-state index is 0.0332. The molecule has 8 heteroatoms. The van der Waals surface area contributed by atoms with Crippen LogP contribution in [0, 0.1) is 11.3 Å². The summed E-state index contributed by atoms with van der Waals surface area (Å²) in [5.74, 6) is 1.11. The number of hydrogen-bond acceptors (Lipinski definition) is 6. The first-order chi connectivity index (χ1) is 11.5. The topological polar surface area (TPSA) is 87.3 Å². The third-order valence-electron chi connectivity index (χ3n) is 3.67. The van der Waals surface area contributed by atoms with E-state index >= 15 is 0 Å². The van der Waals surface area contributed by atoms with Crippen molar-refractivity contribution in [2.24, 2.45) is 16.0 Å². The van der Waals surface area contributed by atoms with Crippen molar-refractivity contribution >= 4 is 39.8 Å². The maximum absolute atomic E-state index is 12.3. The molecule has 24 heavy (non-hydrogen) atoms. The quantitative estimate of drug-likeness (QED) is 0.835. The molecule has 3 heterocycles. The molecule has 1 aromatic carbocycles. The van der Waals surface area contributed by atoms with Crippen LogP contribution in [0.1, 0.15) is 19.4 Å². The Hall–Kier alpha value is -2.61. The van der Waals surface area contributed by atoms with E-state index < -0.39 is 5.91 Å². The van der Waals surface area contributed by atoms with Crippen molar-refractivity contribution in [1.82, 2.24) is 5.01 Å². The average Bonchev–Trinajstić information content (AvgIpc) is 3.17. The number of amides is 1. The predicted molar refractivity (Wildman–Crippen MR) is 92.4 cm³/mol. The molecule has 3 aliphatic rings. The Balaban J connectivity index is 1.69. The largest absolute Gasteiger partial charge is 0.454 e. The number of ether oxygens (including phenoxy) is 2. The molecule has 0 saturated carbocycles. The summed E-state index contributed by atoms with van der Waals surface area (Å²) in [4.78, 5) is 16.4. The van der Waals surface area contributed by atoms with E-state index in [4.69, 9.17) is 14.9 Å². The smallest absolute Gasteiger partial charge is 0.283 e. The minimum atomic E-state index is -0.434. The van der Waals surface area contributed by atoms with Gasteiger partial charge < -0.3 is 9.47 Å². The molecule has 1 N–H and O–H groups in total. The summed E-state index contributed by atoms with van der Waals surface area (Å²) in [6.45, 7) is 4.22. The molecule has 0 atom stereocenters. The molecule has 1 aromatic rings. The van der Waals surface area contributed by atoms with Crippen molar-refractivity contribution in [2.45, 2.75) is 13.8 Å². The zero-order valence-corrected chi connectivity index (χ0v) is 13.9. The van der Waals surface area contributed by atoms with Gasteiger partial charge in [-0.1, -0.05) is 19.9 Å². The molecule has 0 aliphatic carbocycles. The van der Waals surface area contributed by atoms with Crippen molar-refractivity contribution in [2.75, 3.05) is 6.79 Å². The number of nitrogens with one attached hydrogen (secondary N) is 1.